The van der Waals surface area contributed by atoms with Gasteiger partial charge in [-0.3, -0.25) is 0 Å². The molecule has 0 spiro atoms. The van der Waals surface area contributed by atoms with Gasteiger partial charge in [0.25, 0.3) is 0 Å². The van der Waals surface area contributed by atoms with Crippen LogP contribution in [0, 0.1) is 0 Å². The Hall–Kier alpha value is -2.29. The van der Waals surface area contributed by atoms with E-state index in [1.165, 1.54) is 63.4 Å². The number of nitrogens with one attached hydrogen (secondary N) is 1. The van der Waals surface area contributed by atoms with Crippen LogP contribution in [0.1, 0.15) is 89.5 Å². The molecule has 3 nitrogen and oxygen atoms in total. The van der Waals surface area contributed by atoms with Crippen molar-refractivity contribution in [3.05, 3.63) is 66.2 Å². The average molecular weight is 437 g/mol. The summed E-state index contributed by atoms with van der Waals surface area (Å²) >= 11 is 0. The quantitative estimate of drug-likeness (QED) is 0.248. The fraction of sp³-hybridized carbons (Fsp3) is 0.552. The van der Waals surface area contributed by atoms with E-state index in [4.69, 9.17) is 0 Å². The Morgan fingerprint density at radius 3 is 1.75 bits per heavy atom. The zero-order valence-electron chi connectivity index (χ0n) is 20.2. The zero-order chi connectivity index (χ0) is 22.7. The Kier molecular flexibility index (Phi) is 14.0. The fourth-order valence-electron chi connectivity index (χ4n) is 4.11. The van der Waals surface area contributed by atoms with Crippen molar-refractivity contribution >= 4 is 11.7 Å². The molecule has 2 rings (SSSR count). The van der Waals surface area contributed by atoms with Gasteiger partial charge in [0.15, 0.2) is 0 Å². The van der Waals surface area contributed by atoms with Gasteiger partial charge < -0.3 is 10.2 Å². The van der Waals surface area contributed by atoms with Crippen LogP contribution in [0.2, 0.25) is 0 Å². The molecule has 0 bridgehead atoms. The Morgan fingerprint density at radius 2 is 1.16 bits per heavy atom. The molecule has 2 aromatic rings. The van der Waals surface area contributed by atoms with E-state index in [0.29, 0.717) is 0 Å². The second-order valence-corrected chi connectivity index (χ2v) is 8.91. The van der Waals surface area contributed by atoms with E-state index in [1.54, 1.807) is 0 Å². The summed E-state index contributed by atoms with van der Waals surface area (Å²) in [5.74, 6) is 0. The molecule has 0 unspecified atom stereocenters. The molecule has 0 aliphatic rings. The number of urea groups is 1. The highest BCUT2D eigenvalue weighted by molar-refractivity contribution is 5.89. The largest absolute Gasteiger partial charge is 0.325 e. The molecule has 0 atom stereocenters. The number of aryl methyl sites for hydroxylation is 1. The van der Waals surface area contributed by atoms with Crippen molar-refractivity contribution in [1.82, 2.24) is 4.90 Å². The second kappa shape index (κ2) is 17.3. The van der Waals surface area contributed by atoms with Crippen molar-refractivity contribution < 1.29 is 4.79 Å². The molecule has 2 amide bonds. The first-order valence-electron chi connectivity index (χ1n) is 12.9. The molecular weight excluding hydrogens is 392 g/mol. The van der Waals surface area contributed by atoms with Crippen molar-refractivity contribution in [2.24, 2.45) is 0 Å². The highest BCUT2D eigenvalue weighted by Gasteiger charge is 2.13. The number of amides is 2. The molecule has 32 heavy (non-hydrogen) atoms. The number of unbranched alkanes of at least 4 members (excludes halogenated alkanes) is 10. The summed E-state index contributed by atoms with van der Waals surface area (Å²) in [6.07, 6.45) is 16.4. The second-order valence-electron chi connectivity index (χ2n) is 8.91. The maximum atomic E-state index is 12.9. The molecule has 0 heterocycles. The van der Waals surface area contributed by atoms with Gasteiger partial charge >= 0.3 is 6.03 Å². The minimum absolute atomic E-state index is 0.0341. The normalized spacial score (nSPS) is 10.8. The SMILES string of the molecule is CCCCCCCCCCCCN(CCCCc1ccccc1)C(=O)Nc1ccccc1. The number of carbonyl (C=O) groups is 1. The third-order valence-corrected chi connectivity index (χ3v) is 6.08. The van der Waals surface area contributed by atoms with Gasteiger partial charge in [-0.2, -0.15) is 0 Å². The standard InChI is InChI=1S/C29H44N2O/c1-2-3-4-5-6-7-8-9-10-18-25-31(29(32)30-28-23-15-12-16-24-28)26-19-17-22-27-20-13-11-14-21-27/h11-16,20-21,23-24H,2-10,17-19,22,25-26H2,1H3,(H,30,32). The van der Waals surface area contributed by atoms with Crippen molar-refractivity contribution in [3.8, 4) is 0 Å². The summed E-state index contributed by atoms with van der Waals surface area (Å²) in [6.45, 7) is 3.94. The van der Waals surface area contributed by atoms with Gasteiger partial charge in [-0.15, -0.1) is 0 Å². The lowest BCUT2D eigenvalue weighted by molar-refractivity contribution is 0.209. The number of carbonyl (C=O) groups excluding carboxylic acids is 1. The van der Waals surface area contributed by atoms with Crippen LogP contribution in [0.5, 0.6) is 0 Å². The number of hydrogen-bond donors (Lipinski definition) is 1. The van der Waals surface area contributed by atoms with E-state index in [1.807, 2.05) is 35.2 Å². The van der Waals surface area contributed by atoms with Crippen molar-refractivity contribution in [2.45, 2.75) is 90.4 Å². The first-order valence-corrected chi connectivity index (χ1v) is 12.9. The van der Waals surface area contributed by atoms with E-state index < -0.39 is 0 Å². The van der Waals surface area contributed by atoms with E-state index in [9.17, 15) is 4.79 Å². The van der Waals surface area contributed by atoms with Crippen LogP contribution in [0.4, 0.5) is 10.5 Å². The van der Waals surface area contributed by atoms with Gasteiger partial charge in [-0.05, 0) is 43.4 Å². The number of rotatable bonds is 17. The van der Waals surface area contributed by atoms with Crippen LogP contribution in [-0.2, 0) is 6.42 Å². The maximum absolute atomic E-state index is 12.9. The Bertz CT molecular complexity index is 702. The molecule has 0 aliphatic carbocycles. The van der Waals surface area contributed by atoms with Gasteiger partial charge in [0.2, 0.25) is 0 Å². The van der Waals surface area contributed by atoms with E-state index in [2.05, 4.69) is 42.6 Å². The molecule has 176 valence electrons. The first-order chi connectivity index (χ1) is 15.8. The van der Waals surface area contributed by atoms with Crippen molar-refractivity contribution in [2.75, 3.05) is 18.4 Å². The Balaban J connectivity index is 1.68. The number of hydrogen-bond acceptors (Lipinski definition) is 1. The van der Waals surface area contributed by atoms with Crippen LogP contribution in [0.25, 0.3) is 0 Å². The lowest BCUT2D eigenvalue weighted by Crippen LogP contribution is -2.36. The van der Waals surface area contributed by atoms with Gasteiger partial charge in [0, 0.05) is 18.8 Å². The Morgan fingerprint density at radius 1 is 0.656 bits per heavy atom. The third-order valence-electron chi connectivity index (χ3n) is 6.08. The highest BCUT2D eigenvalue weighted by atomic mass is 16.2. The molecule has 0 saturated carbocycles. The molecule has 0 saturated heterocycles. The predicted molar refractivity (Wildman–Crippen MR) is 138 cm³/mol. The van der Waals surface area contributed by atoms with Crippen LogP contribution in [0.15, 0.2) is 60.7 Å². The first kappa shape index (κ1) is 26.0. The average Bonchev–Trinajstić information content (AvgIpc) is 2.82. The Labute approximate surface area is 196 Å². The summed E-state index contributed by atoms with van der Waals surface area (Å²) in [7, 11) is 0. The lowest BCUT2D eigenvalue weighted by Gasteiger charge is -2.23. The summed E-state index contributed by atoms with van der Waals surface area (Å²) in [4.78, 5) is 14.9. The molecule has 0 radical (unpaired) electrons. The van der Waals surface area contributed by atoms with Crippen molar-refractivity contribution in [3.63, 3.8) is 0 Å². The number of nitrogens with zero attached hydrogens (tertiary/aromatic N) is 1. The predicted octanol–water partition coefficient (Wildman–Crippen LogP) is 8.46. The van der Waals surface area contributed by atoms with Gasteiger partial charge in [0.1, 0.15) is 0 Å². The molecule has 2 aromatic carbocycles. The van der Waals surface area contributed by atoms with Gasteiger partial charge in [-0.1, -0.05) is 113 Å². The minimum Gasteiger partial charge on any atom is -0.325 e. The monoisotopic (exact) mass is 436 g/mol. The smallest absolute Gasteiger partial charge is 0.321 e. The molecule has 3 heteroatoms. The van der Waals surface area contributed by atoms with Gasteiger partial charge in [-0.25, -0.2) is 4.79 Å². The lowest BCUT2D eigenvalue weighted by atomic mass is 10.1. The fourth-order valence-corrected chi connectivity index (χ4v) is 4.11. The zero-order valence-corrected chi connectivity index (χ0v) is 20.2. The van der Waals surface area contributed by atoms with E-state index in [-0.39, 0.29) is 6.03 Å². The van der Waals surface area contributed by atoms with Crippen molar-refractivity contribution in [1.29, 1.82) is 0 Å². The molecule has 1 N–H and O–H groups in total. The summed E-state index contributed by atoms with van der Waals surface area (Å²) < 4.78 is 0. The van der Waals surface area contributed by atoms with Crippen LogP contribution < -0.4 is 5.32 Å². The highest BCUT2D eigenvalue weighted by Crippen LogP contribution is 2.13. The molecule has 0 fully saturated rings. The minimum atomic E-state index is 0.0341. The number of para-hydroxylation sites is 1. The third kappa shape index (κ3) is 11.9. The molecule has 0 aromatic heterocycles. The van der Waals surface area contributed by atoms with Gasteiger partial charge in [0.05, 0.1) is 0 Å². The molecular formula is C29H44N2O. The summed E-state index contributed by atoms with van der Waals surface area (Å²) in [6, 6.07) is 20.5. The van der Waals surface area contributed by atoms with Crippen LogP contribution in [-0.4, -0.2) is 24.0 Å². The molecule has 0 aliphatic heterocycles. The van der Waals surface area contributed by atoms with Crippen LogP contribution in [0.3, 0.4) is 0 Å². The topological polar surface area (TPSA) is 32.3 Å². The summed E-state index contributed by atoms with van der Waals surface area (Å²) in [5.41, 5.74) is 2.25. The van der Waals surface area contributed by atoms with E-state index in [0.717, 1.165) is 44.5 Å². The summed E-state index contributed by atoms with van der Waals surface area (Å²) in [5, 5.41) is 3.07. The number of benzene rings is 2. The number of anilines is 1. The maximum Gasteiger partial charge on any atom is 0.321 e. The van der Waals surface area contributed by atoms with E-state index >= 15 is 0 Å². The van der Waals surface area contributed by atoms with Crippen LogP contribution >= 0.6 is 0 Å².